The molecular formula is C20H19N5O. The zero-order valence-corrected chi connectivity index (χ0v) is 14.6. The summed E-state index contributed by atoms with van der Waals surface area (Å²) in [5.74, 6) is 0.605. The lowest BCUT2D eigenvalue weighted by Gasteiger charge is -2.30. The summed E-state index contributed by atoms with van der Waals surface area (Å²) in [6.07, 6.45) is 7.44. The van der Waals surface area contributed by atoms with Gasteiger partial charge in [0.1, 0.15) is 17.4 Å². The Morgan fingerprint density at radius 3 is 2.88 bits per heavy atom. The van der Waals surface area contributed by atoms with Crippen LogP contribution in [0.5, 0.6) is 0 Å². The lowest BCUT2D eigenvalue weighted by molar-refractivity contribution is 0.0683. The van der Waals surface area contributed by atoms with Crippen molar-refractivity contribution in [3.63, 3.8) is 0 Å². The third-order valence-electron chi connectivity index (χ3n) is 4.86. The van der Waals surface area contributed by atoms with Gasteiger partial charge in [-0.1, -0.05) is 6.92 Å². The summed E-state index contributed by atoms with van der Waals surface area (Å²) >= 11 is 0. The summed E-state index contributed by atoms with van der Waals surface area (Å²) in [5.41, 5.74) is 2.60. The summed E-state index contributed by atoms with van der Waals surface area (Å²) < 4.78 is 1.90. The molecule has 0 saturated carbocycles. The minimum absolute atomic E-state index is 0.0544. The summed E-state index contributed by atoms with van der Waals surface area (Å²) in [5, 5.41) is 9.78. The molecule has 1 aliphatic rings. The largest absolute Gasteiger partial charge is 0.338 e. The molecule has 1 aliphatic heterocycles. The van der Waals surface area contributed by atoms with Gasteiger partial charge in [0.05, 0.1) is 17.4 Å². The Labute approximate surface area is 151 Å². The van der Waals surface area contributed by atoms with Crippen molar-refractivity contribution in [3.05, 3.63) is 54.1 Å². The van der Waals surface area contributed by atoms with E-state index in [0.717, 1.165) is 36.2 Å². The standard InChI is InChI=1S/C20H19N5O/c1-14-3-2-7-24(13-14)20(26)16-9-15-6-8-25(19(15)23-11-16)18-5-4-17(10-21)22-12-18/h4-6,8-9,11-12,14H,2-3,7,13H2,1H3/t14-/m0/s1. The third kappa shape index (κ3) is 2.93. The fourth-order valence-corrected chi connectivity index (χ4v) is 3.50. The van der Waals surface area contributed by atoms with Gasteiger partial charge in [0, 0.05) is 30.9 Å². The molecule has 3 aromatic rings. The molecule has 6 heteroatoms. The molecular weight excluding hydrogens is 326 g/mol. The summed E-state index contributed by atoms with van der Waals surface area (Å²) in [6.45, 7) is 3.82. The van der Waals surface area contributed by atoms with Crippen LogP contribution >= 0.6 is 0 Å². The fraction of sp³-hybridized carbons (Fsp3) is 0.300. The second kappa shape index (κ2) is 6.60. The monoisotopic (exact) mass is 345 g/mol. The lowest BCUT2D eigenvalue weighted by atomic mass is 9.99. The normalized spacial score (nSPS) is 17.2. The number of piperidine rings is 1. The highest BCUT2D eigenvalue weighted by Gasteiger charge is 2.22. The first-order chi connectivity index (χ1) is 12.7. The van der Waals surface area contributed by atoms with Gasteiger partial charge in [0.15, 0.2) is 0 Å². The van der Waals surface area contributed by atoms with Crippen LogP contribution < -0.4 is 0 Å². The first-order valence-corrected chi connectivity index (χ1v) is 8.78. The minimum atomic E-state index is 0.0544. The van der Waals surface area contributed by atoms with Crippen molar-refractivity contribution in [3.8, 4) is 11.8 Å². The van der Waals surface area contributed by atoms with Gasteiger partial charge >= 0.3 is 0 Å². The summed E-state index contributed by atoms with van der Waals surface area (Å²) in [4.78, 5) is 23.3. The highest BCUT2D eigenvalue weighted by atomic mass is 16.2. The molecule has 4 rings (SSSR count). The molecule has 1 saturated heterocycles. The molecule has 4 heterocycles. The predicted molar refractivity (Wildman–Crippen MR) is 97.9 cm³/mol. The number of carbonyl (C=O) groups is 1. The van der Waals surface area contributed by atoms with E-state index in [1.807, 2.05) is 39.9 Å². The van der Waals surface area contributed by atoms with Crippen LogP contribution in [0, 0.1) is 17.2 Å². The molecule has 130 valence electrons. The molecule has 1 atom stereocenters. The molecule has 0 aromatic carbocycles. The summed E-state index contributed by atoms with van der Waals surface area (Å²) in [6, 6.07) is 9.36. The van der Waals surface area contributed by atoms with Crippen molar-refractivity contribution in [1.82, 2.24) is 19.4 Å². The second-order valence-corrected chi connectivity index (χ2v) is 6.83. The quantitative estimate of drug-likeness (QED) is 0.715. The van der Waals surface area contributed by atoms with Crippen LogP contribution in [0.25, 0.3) is 16.7 Å². The number of carbonyl (C=O) groups excluding carboxylic acids is 1. The average molecular weight is 345 g/mol. The van der Waals surface area contributed by atoms with Crippen molar-refractivity contribution in [1.29, 1.82) is 5.26 Å². The molecule has 0 radical (unpaired) electrons. The van der Waals surface area contributed by atoms with Crippen molar-refractivity contribution < 1.29 is 4.79 Å². The maximum atomic E-state index is 12.8. The van der Waals surface area contributed by atoms with E-state index in [9.17, 15) is 4.79 Å². The van der Waals surface area contributed by atoms with E-state index < -0.39 is 0 Å². The summed E-state index contributed by atoms with van der Waals surface area (Å²) in [7, 11) is 0. The molecule has 0 unspecified atom stereocenters. The Balaban J connectivity index is 1.64. The Bertz CT molecular complexity index is 999. The maximum absolute atomic E-state index is 12.8. The minimum Gasteiger partial charge on any atom is -0.338 e. The highest BCUT2D eigenvalue weighted by Crippen LogP contribution is 2.22. The molecule has 26 heavy (non-hydrogen) atoms. The van der Waals surface area contributed by atoms with E-state index in [1.54, 1.807) is 18.5 Å². The Morgan fingerprint density at radius 2 is 2.15 bits per heavy atom. The average Bonchev–Trinajstić information content (AvgIpc) is 3.10. The van der Waals surface area contributed by atoms with Crippen LogP contribution in [0.3, 0.4) is 0 Å². The number of fused-ring (bicyclic) bond motifs is 1. The smallest absolute Gasteiger partial charge is 0.255 e. The highest BCUT2D eigenvalue weighted by molar-refractivity contribution is 5.97. The van der Waals surface area contributed by atoms with Gasteiger partial charge in [-0.05, 0) is 43.0 Å². The molecule has 0 N–H and O–H groups in total. The number of nitrogens with zero attached hydrogens (tertiary/aromatic N) is 5. The van der Waals surface area contributed by atoms with Crippen molar-refractivity contribution in [2.45, 2.75) is 19.8 Å². The Hall–Kier alpha value is -3.20. The zero-order valence-electron chi connectivity index (χ0n) is 14.6. The van der Waals surface area contributed by atoms with E-state index in [4.69, 9.17) is 5.26 Å². The van der Waals surface area contributed by atoms with Crippen molar-refractivity contribution in [2.75, 3.05) is 13.1 Å². The van der Waals surface area contributed by atoms with E-state index in [2.05, 4.69) is 16.9 Å². The lowest BCUT2D eigenvalue weighted by Crippen LogP contribution is -2.39. The number of hydrogen-bond donors (Lipinski definition) is 0. The Kier molecular flexibility index (Phi) is 4.13. The predicted octanol–water partition coefficient (Wildman–Crippen LogP) is 3.16. The van der Waals surface area contributed by atoms with Crippen LogP contribution in [0.15, 0.2) is 42.9 Å². The van der Waals surface area contributed by atoms with E-state index in [0.29, 0.717) is 17.2 Å². The van der Waals surface area contributed by atoms with Gasteiger partial charge in [-0.2, -0.15) is 5.26 Å². The number of aromatic nitrogens is 3. The van der Waals surface area contributed by atoms with Crippen molar-refractivity contribution >= 4 is 16.9 Å². The number of nitriles is 1. The first-order valence-electron chi connectivity index (χ1n) is 8.78. The molecule has 3 aromatic heterocycles. The SMILES string of the molecule is C[C@H]1CCCN(C(=O)c2cnc3c(ccn3-c3ccc(C#N)nc3)c2)C1. The van der Waals surface area contributed by atoms with Gasteiger partial charge < -0.3 is 4.90 Å². The number of rotatable bonds is 2. The van der Waals surface area contributed by atoms with Crippen LogP contribution in [0.2, 0.25) is 0 Å². The van der Waals surface area contributed by atoms with Gasteiger partial charge in [-0.25, -0.2) is 9.97 Å². The molecule has 6 nitrogen and oxygen atoms in total. The van der Waals surface area contributed by atoms with Gasteiger partial charge in [0.25, 0.3) is 5.91 Å². The Morgan fingerprint density at radius 1 is 1.27 bits per heavy atom. The van der Waals surface area contributed by atoms with Crippen molar-refractivity contribution in [2.24, 2.45) is 5.92 Å². The molecule has 0 bridgehead atoms. The second-order valence-electron chi connectivity index (χ2n) is 6.83. The van der Waals surface area contributed by atoms with E-state index >= 15 is 0 Å². The molecule has 0 aliphatic carbocycles. The zero-order chi connectivity index (χ0) is 18.1. The third-order valence-corrected chi connectivity index (χ3v) is 4.86. The van der Waals surface area contributed by atoms with Crippen LogP contribution in [0.1, 0.15) is 35.8 Å². The van der Waals surface area contributed by atoms with E-state index in [-0.39, 0.29) is 5.91 Å². The molecule has 1 fully saturated rings. The fourth-order valence-electron chi connectivity index (χ4n) is 3.50. The number of pyridine rings is 2. The van der Waals surface area contributed by atoms with Gasteiger partial charge in [0.2, 0.25) is 0 Å². The van der Waals surface area contributed by atoms with Crippen LogP contribution in [0.4, 0.5) is 0 Å². The first kappa shape index (κ1) is 16.3. The van der Waals surface area contributed by atoms with E-state index in [1.165, 1.54) is 6.42 Å². The maximum Gasteiger partial charge on any atom is 0.255 e. The number of likely N-dealkylation sites (tertiary alicyclic amines) is 1. The van der Waals surface area contributed by atoms with Crippen LogP contribution in [-0.2, 0) is 0 Å². The van der Waals surface area contributed by atoms with Gasteiger partial charge in [-0.3, -0.25) is 9.36 Å². The van der Waals surface area contributed by atoms with Crippen LogP contribution in [-0.4, -0.2) is 38.4 Å². The molecule has 0 spiro atoms. The topological polar surface area (TPSA) is 74.8 Å². The number of amides is 1. The van der Waals surface area contributed by atoms with Gasteiger partial charge in [-0.15, -0.1) is 0 Å². The number of hydrogen-bond acceptors (Lipinski definition) is 4. The molecule has 1 amide bonds.